The predicted molar refractivity (Wildman–Crippen MR) is 49.7 cm³/mol. The van der Waals surface area contributed by atoms with Gasteiger partial charge < -0.3 is 0 Å². The zero-order chi connectivity index (χ0) is 7.94. The summed E-state index contributed by atoms with van der Waals surface area (Å²) >= 11 is 0. The van der Waals surface area contributed by atoms with Crippen LogP contribution in [0.15, 0.2) is 41.6 Å². The van der Waals surface area contributed by atoms with E-state index in [1.807, 2.05) is 25.4 Å². The molecule has 0 amide bonds. The van der Waals surface area contributed by atoms with E-state index < -0.39 is 0 Å². The number of hydrogen-bond acceptors (Lipinski definition) is 1. The zero-order valence-electron chi connectivity index (χ0n) is 6.77. The summed E-state index contributed by atoms with van der Waals surface area (Å²) in [5.74, 6) is 0.496. The molecule has 0 radical (unpaired) electrons. The highest BCUT2D eigenvalue weighted by Gasteiger charge is 1.98. The van der Waals surface area contributed by atoms with Crippen molar-refractivity contribution in [3.05, 3.63) is 36.6 Å². The van der Waals surface area contributed by atoms with Gasteiger partial charge in [-0.15, -0.1) is 0 Å². The van der Waals surface area contributed by atoms with Gasteiger partial charge in [0.15, 0.2) is 0 Å². The van der Waals surface area contributed by atoms with Gasteiger partial charge in [0.2, 0.25) is 0 Å². The van der Waals surface area contributed by atoms with Gasteiger partial charge in [-0.3, -0.25) is 4.99 Å². The van der Waals surface area contributed by atoms with Crippen molar-refractivity contribution < 1.29 is 0 Å². The maximum atomic E-state index is 4.12. The van der Waals surface area contributed by atoms with Crippen molar-refractivity contribution in [2.24, 2.45) is 10.9 Å². The Labute approximate surface area is 67.8 Å². The van der Waals surface area contributed by atoms with Crippen molar-refractivity contribution >= 4 is 6.21 Å². The average Bonchev–Trinajstić information content (AvgIpc) is 2.07. The Bertz CT molecular complexity index is 209. The highest BCUT2D eigenvalue weighted by atomic mass is 14.7. The van der Waals surface area contributed by atoms with Gasteiger partial charge in [0.25, 0.3) is 0 Å². The van der Waals surface area contributed by atoms with E-state index in [4.69, 9.17) is 0 Å². The molecule has 1 nitrogen and oxygen atoms in total. The maximum absolute atomic E-state index is 4.12. The normalized spacial score (nSPS) is 23.9. The SMILES string of the molecule is C/C=C/N=CC1C=CC=CC1. The molecule has 58 valence electrons. The lowest BCUT2D eigenvalue weighted by Crippen LogP contribution is -1.97. The fourth-order valence-electron chi connectivity index (χ4n) is 0.957. The quantitative estimate of drug-likeness (QED) is 0.532. The lowest BCUT2D eigenvalue weighted by atomic mass is 10.0. The van der Waals surface area contributed by atoms with E-state index in [1.165, 1.54) is 0 Å². The predicted octanol–water partition coefficient (Wildman–Crippen LogP) is 2.72. The average molecular weight is 147 g/mol. The van der Waals surface area contributed by atoms with Crippen LogP contribution in [0.4, 0.5) is 0 Å². The number of nitrogens with zero attached hydrogens (tertiary/aromatic N) is 1. The Kier molecular flexibility index (Phi) is 3.39. The molecule has 1 heteroatoms. The molecule has 0 fully saturated rings. The third-order valence-electron chi connectivity index (χ3n) is 1.53. The zero-order valence-corrected chi connectivity index (χ0v) is 6.77. The molecule has 0 saturated heterocycles. The standard InChI is InChI=1S/C10H13N/c1-2-8-11-9-10-6-4-3-5-7-10/h2-6,8-10H,7H2,1H3/b8-2+,11-9?. The third-order valence-corrected chi connectivity index (χ3v) is 1.53. The lowest BCUT2D eigenvalue weighted by molar-refractivity contribution is 0.887. The first-order valence-electron chi connectivity index (χ1n) is 3.91. The second kappa shape index (κ2) is 4.67. The molecule has 0 aromatic rings. The molecule has 0 saturated carbocycles. The summed E-state index contributed by atoms with van der Waals surface area (Å²) < 4.78 is 0. The highest BCUT2D eigenvalue weighted by Crippen LogP contribution is 2.08. The molecule has 0 heterocycles. The van der Waals surface area contributed by atoms with E-state index in [9.17, 15) is 0 Å². The second-order valence-corrected chi connectivity index (χ2v) is 2.49. The van der Waals surface area contributed by atoms with Crippen molar-refractivity contribution in [3.63, 3.8) is 0 Å². The van der Waals surface area contributed by atoms with Gasteiger partial charge in [0.1, 0.15) is 0 Å². The molecule has 1 aliphatic rings. The van der Waals surface area contributed by atoms with E-state index in [2.05, 4.69) is 29.3 Å². The number of aliphatic imine (C=N–C) groups is 1. The fourth-order valence-corrected chi connectivity index (χ4v) is 0.957. The van der Waals surface area contributed by atoms with Crippen molar-refractivity contribution in [3.8, 4) is 0 Å². The summed E-state index contributed by atoms with van der Waals surface area (Å²) in [6, 6.07) is 0. The molecule has 11 heavy (non-hydrogen) atoms. The molecular formula is C10H13N. The number of hydrogen-bond donors (Lipinski definition) is 0. The summed E-state index contributed by atoms with van der Waals surface area (Å²) in [5, 5.41) is 0. The van der Waals surface area contributed by atoms with Crippen LogP contribution in [0.25, 0.3) is 0 Å². The molecule has 0 aliphatic heterocycles. The van der Waals surface area contributed by atoms with Crippen LogP contribution in [0.1, 0.15) is 13.3 Å². The van der Waals surface area contributed by atoms with Crippen molar-refractivity contribution in [2.45, 2.75) is 13.3 Å². The van der Waals surface area contributed by atoms with Crippen LogP contribution >= 0.6 is 0 Å². The highest BCUT2D eigenvalue weighted by molar-refractivity contribution is 5.64. The Morgan fingerprint density at radius 1 is 1.45 bits per heavy atom. The van der Waals surface area contributed by atoms with Gasteiger partial charge in [0, 0.05) is 18.3 Å². The van der Waals surface area contributed by atoms with Crippen molar-refractivity contribution in [2.75, 3.05) is 0 Å². The monoisotopic (exact) mass is 147 g/mol. The first-order valence-corrected chi connectivity index (χ1v) is 3.91. The van der Waals surface area contributed by atoms with Crippen molar-refractivity contribution in [1.29, 1.82) is 0 Å². The molecule has 1 atom stereocenters. The fraction of sp³-hybridized carbons (Fsp3) is 0.300. The molecular weight excluding hydrogens is 134 g/mol. The summed E-state index contributed by atoms with van der Waals surface area (Å²) in [4.78, 5) is 4.12. The van der Waals surface area contributed by atoms with Crippen LogP contribution in [0.2, 0.25) is 0 Å². The summed E-state index contributed by atoms with van der Waals surface area (Å²) in [5.41, 5.74) is 0. The van der Waals surface area contributed by atoms with Crippen LogP contribution in [0.3, 0.4) is 0 Å². The minimum absolute atomic E-state index is 0.496. The van der Waals surface area contributed by atoms with E-state index >= 15 is 0 Å². The Hall–Kier alpha value is -1.11. The van der Waals surface area contributed by atoms with E-state index in [-0.39, 0.29) is 0 Å². The molecule has 1 rings (SSSR count). The van der Waals surface area contributed by atoms with Crippen LogP contribution in [-0.2, 0) is 0 Å². The Morgan fingerprint density at radius 2 is 2.36 bits per heavy atom. The number of allylic oxidation sites excluding steroid dienone is 5. The topological polar surface area (TPSA) is 12.4 Å². The van der Waals surface area contributed by atoms with E-state index in [0.29, 0.717) is 5.92 Å². The van der Waals surface area contributed by atoms with Crippen LogP contribution in [0.5, 0.6) is 0 Å². The van der Waals surface area contributed by atoms with Gasteiger partial charge >= 0.3 is 0 Å². The molecule has 0 N–H and O–H groups in total. The van der Waals surface area contributed by atoms with Crippen LogP contribution < -0.4 is 0 Å². The van der Waals surface area contributed by atoms with E-state index in [0.717, 1.165) is 6.42 Å². The van der Waals surface area contributed by atoms with Gasteiger partial charge in [-0.25, -0.2) is 0 Å². The summed E-state index contributed by atoms with van der Waals surface area (Å²) in [7, 11) is 0. The number of rotatable bonds is 2. The maximum Gasteiger partial charge on any atom is 0.0221 e. The second-order valence-electron chi connectivity index (χ2n) is 2.49. The van der Waals surface area contributed by atoms with Gasteiger partial charge in [-0.2, -0.15) is 0 Å². The first kappa shape index (κ1) is 7.99. The van der Waals surface area contributed by atoms with Crippen molar-refractivity contribution in [1.82, 2.24) is 0 Å². The van der Waals surface area contributed by atoms with Crippen LogP contribution in [-0.4, -0.2) is 6.21 Å². The minimum atomic E-state index is 0.496. The Balaban J connectivity index is 2.38. The molecule has 0 aromatic carbocycles. The van der Waals surface area contributed by atoms with E-state index in [1.54, 1.807) is 0 Å². The molecule has 0 spiro atoms. The van der Waals surface area contributed by atoms with Gasteiger partial charge in [-0.1, -0.05) is 30.4 Å². The van der Waals surface area contributed by atoms with Crippen LogP contribution in [0, 0.1) is 5.92 Å². The third kappa shape index (κ3) is 2.99. The van der Waals surface area contributed by atoms with Gasteiger partial charge in [-0.05, 0) is 13.3 Å². The Morgan fingerprint density at radius 3 is 3.00 bits per heavy atom. The lowest BCUT2D eigenvalue weighted by Gasteiger charge is -2.04. The molecule has 0 aromatic heterocycles. The smallest absolute Gasteiger partial charge is 0.0221 e. The first-order chi connectivity index (χ1) is 5.43. The summed E-state index contributed by atoms with van der Waals surface area (Å²) in [6.45, 7) is 1.97. The molecule has 1 aliphatic carbocycles. The minimum Gasteiger partial charge on any atom is -0.269 e. The largest absolute Gasteiger partial charge is 0.269 e. The van der Waals surface area contributed by atoms with Gasteiger partial charge in [0.05, 0.1) is 0 Å². The summed E-state index contributed by atoms with van der Waals surface area (Å²) in [6.07, 6.45) is 15.2. The molecule has 0 bridgehead atoms. The molecule has 1 unspecified atom stereocenters.